The summed E-state index contributed by atoms with van der Waals surface area (Å²) in [4.78, 5) is 13.1. The molecule has 3 nitrogen and oxygen atoms in total. The highest BCUT2D eigenvalue weighted by molar-refractivity contribution is 5.79. The Bertz CT molecular complexity index is 179. The maximum Gasteiger partial charge on any atom is 0.225 e. The fraction of sp³-hybridized carbons (Fsp3) is 0.889. The molecular formula is C9H17NO2. The van der Waals surface area contributed by atoms with E-state index in [0.717, 1.165) is 0 Å². The van der Waals surface area contributed by atoms with Gasteiger partial charge in [-0.2, -0.15) is 0 Å². The normalized spacial score (nSPS) is 26.9. The van der Waals surface area contributed by atoms with Crippen LogP contribution in [0.2, 0.25) is 0 Å². The Kier molecular flexibility index (Phi) is 2.73. The standard InChI is InChI=1S/C9H17NO2/c1-6(2)7(3)10-5-8(11)4-9(10)12/h6-8,11H,4-5H2,1-3H3. The van der Waals surface area contributed by atoms with Gasteiger partial charge in [-0.1, -0.05) is 13.8 Å². The zero-order valence-corrected chi connectivity index (χ0v) is 7.95. The second kappa shape index (κ2) is 3.44. The highest BCUT2D eigenvalue weighted by Gasteiger charge is 2.32. The molecule has 2 unspecified atom stereocenters. The summed E-state index contributed by atoms with van der Waals surface area (Å²) in [5.74, 6) is 0.544. The van der Waals surface area contributed by atoms with E-state index in [9.17, 15) is 9.90 Å². The lowest BCUT2D eigenvalue weighted by molar-refractivity contribution is -0.130. The number of nitrogens with zero attached hydrogens (tertiary/aromatic N) is 1. The van der Waals surface area contributed by atoms with E-state index < -0.39 is 6.10 Å². The van der Waals surface area contributed by atoms with Gasteiger partial charge in [-0.05, 0) is 12.8 Å². The summed E-state index contributed by atoms with van der Waals surface area (Å²) in [5.41, 5.74) is 0. The van der Waals surface area contributed by atoms with Crippen molar-refractivity contribution in [1.29, 1.82) is 0 Å². The Hall–Kier alpha value is -0.570. The molecule has 1 rings (SSSR count). The summed E-state index contributed by atoms with van der Waals surface area (Å²) in [6.45, 7) is 6.71. The molecule has 0 aromatic rings. The first-order chi connectivity index (χ1) is 5.52. The molecule has 1 aliphatic heterocycles. The van der Waals surface area contributed by atoms with Gasteiger partial charge >= 0.3 is 0 Å². The van der Waals surface area contributed by atoms with Crippen LogP contribution in [0, 0.1) is 5.92 Å². The van der Waals surface area contributed by atoms with Crippen molar-refractivity contribution in [1.82, 2.24) is 4.90 Å². The number of likely N-dealkylation sites (tertiary alicyclic amines) is 1. The molecule has 0 spiro atoms. The van der Waals surface area contributed by atoms with Crippen molar-refractivity contribution in [2.75, 3.05) is 6.54 Å². The predicted molar refractivity (Wildman–Crippen MR) is 46.6 cm³/mol. The lowest BCUT2D eigenvalue weighted by atomic mass is 10.1. The zero-order valence-electron chi connectivity index (χ0n) is 7.95. The molecule has 0 aliphatic carbocycles. The van der Waals surface area contributed by atoms with Crippen molar-refractivity contribution >= 4 is 5.91 Å². The topological polar surface area (TPSA) is 40.5 Å². The quantitative estimate of drug-likeness (QED) is 0.661. The van der Waals surface area contributed by atoms with Gasteiger partial charge in [0.25, 0.3) is 0 Å². The van der Waals surface area contributed by atoms with Crippen molar-refractivity contribution in [3.05, 3.63) is 0 Å². The average Bonchev–Trinajstić information content (AvgIpc) is 2.28. The maximum atomic E-state index is 11.3. The van der Waals surface area contributed by atoms with Crippen LogP contribution in [0.3, 0.4) is 0 Å². The van der Waals surface area contributed by atoms with E-state index in [1.165, 1.54) is 0 Å². The summed E-state index contributed by atoms with van der Waals surface area (Å²) in [5, 5.41) is 9.24. The van der Waals surface area contributed by atoms with Crippen molar-refractivity contribution in [2.45, 2.75) is 39.3 Å². The molecule has 1 heterocycles. The molecule has 0 bridgehead atoms. The predicted octanol–water partition coefficient (Wildman–Crippen LogP) is 0.624. The fourth-order valence-corrected chi connectivity index (χ4v) is 1.47. The Morgan fingerprint density at radius 3 is 2.42 bits per heavy atom. The zero-order chi connectivity index (χ0) is 9.30. The lowest BCUT2D eigenvalue weighted by Crippen LogP contribution is -2.38. The molecule has 1 saturated heterocycles. The van der Waals surface area contributed by atoms with E-state index in [4.69, 9.17) is 0 Å². The first-order valence-corrected chi connectivity index (χ1v) is 4.50. The molecule has 0 saturated carbocycles. The minimum atomic E-state index is -0.446. The van der Waals surface area contributed by atoms with Crippen LogP contribution in [0.5, 0.6) is 0 Å². The van der Waals surface area contributed by atoms with Crippen LogP contribution in [0.15, 0.2) is 0 Å². The van der Waals surface area contributed by atoms with Gasteiger partial charge in [-0.25, -0.2) is 0 Å². The molecule has 3 heteroatoms. The molecule has 1 amide bonds. The van der Waals surface area contributed by atoms with Crippen LogP contribution in [0.4, 0.5) is 0 Å². The van der Waals surface area contributed by atoms with E-state index in [0.29, 0.717) is 18.9 Å². The number of aliphatic hydroxyl groups is 1. The third kappa shape index (κ3) is 1.78. The van der Waals surface area contributed by atoms with Gasteiger partial charge in [-0.15, -0.1) is 0 Å². The number of amides is 1. The number of aliphatic hydroxyl groups excluding tert-OH is 1. The van der Waals surface area contributed by atoms with Crippen molar-refractivity contribution in [3.63, 3.8) is 0 Å². The molecule has 1 N–H and O–H groups in total. The molecular weight excluding hydrogens is 154 g/mol. The van der Waals surface area contributed by atoms with Crippen LogP contribution in [0.1, 0.15) is 27.2 Å². The minimum absolute atomic E-state index is 0.0868. The van der Waals surface area contributed by atoms with Gasteiger partial charge in [0, 0.05) is 12.6 Å². The van der Waals surface area contributed by atoms with E-state index >= 15 is 0 Å². The smallest absolute Gasteiger partial charge is 0.225 e. The van der Waals surface area contributed by atoms with Crippen molar-refractivity contribution < 1.29 is 9.90 Å². The first-order valence-electron chi connectivity index (χ1n) is 4.50. The number of carbonyl (C=O) groups excluding carboxylic acids is 1. The van der Waals surface area contributed by atoms with Gasteiger partial charge in [0.2, 0.25) is 5.91 Å². The van der Waals surface area contributed by atoms with E-state index in [1.54, 1.807) is 4.90 Å². The van der Waals surface area contributed by atoms with E-state index in [-0.39, 0.29) is 11.9 Å². The average molecular weight is 171 g/mol. The number of hydrogen-bond acceptors (Lipinski definition) is 2. The molecule has 0 aromatic carbocycles. The minimum Gasteiger partial charge on any atom is -0.391 e. The second-order valence-corrected chi connectivity index (χ2v) is 3.89. The van der Waals surface area contributed by atoms with Crippen LogP contribution in [-0.4, -0.2) is 34.6 Å². The first kappa shape index (κ1) is 9.52. The SMILES string of the molecule is CC(C)C(C)N1CC(O)CC1=O. The third-order valence-electron chi connectivity index (χ3n) is 2.59. The molecule has 12 heavy (non-hydrogen) atoms. The second-order valence-electron chi connectivity index (χ2n) is 3.89. The Morgan fingerprint density at radius 2 is 2.08 bits per heavy atom. The fourth-order valence-electron chi connectivity index (χ4n) is 1.47. The Morgan fingerprint density at radius 1 is 1.50 bits per heavy atom. The van der Waals surface area contributed by atoms with Gasteiger partial charge in [0.05, 0.1) is 12.5 Å². The van der Waals surface area contributed by atoms with Gasteiger partial charge in [-0.3, -0.25) is 4.79 Å². The number of β-amino-alcohol motifs (C(OH)–C–C–N with tert-alkyl or cyclic N) is 1. The lowest BCUT2D eigenvalue weighted by Gasteiger charge is -2.27. The molecule has 1 fully saturated rings. The van der Waals surface area contributed by atoms with Crippen LogP contribution >= 0.6 is 0 Å². The highest BCUT2D eigenvalue weighted by Crippen LogP contribution is 2.18. The van der Waals surface area contributed by atoms with Gasteiger partial charge in [0.15, 0.2) is 0 Å². The van der Waals surface area contributed by atoms with Crippen LogP contribution in [0.25, 0.3) is 0 Å². The highest BCUT2D eigenvalue weighted by atomic mass is 16.3. The number of rotatable bonds is 2. The summed E-state index contributed by atoms with van der Waals surface area (Å²) in [6, 6.07) is 0.245. The Labute approximate surface area is 73.4 Å². The summed E-state index contributed by atoms with van der Waals surface area (Å²) >= 11 is 0. The molecule has 0 aromatic heterocycles. The van der Waals surface area contributed by atoms with Crippen molar-refractivity contribution in [2.24, 2.45) is 5.92 Å². The van der Waals surface area contributed by atoms with Crippen LogP contribution in [-0.2, 0) is 4.79 Å². The van der Waals surface area contributed by atoms with E-state index in [2.05, 4.69) is 13.8 Å². The largest absolute Gasteiger partial charge is 0.391 e. The molecule has 70 valence electrons. The van der Waals surface area contributed by atoms with Gasteiger partial charge < -0.3 is 10.0 Å². The summed E-state index contributed by atoms with van der Waals surface area (Å²) < 4.78 is 0. The number of carbonyl (C=O) groups is 1. The summed E-state index contributed by atoms with van der Waals surface area (Å²) in [7, 11) is 0. The van der Waals surface area contributed by atoms with Crippen molar-refractivity contribution in [3.8, 4) is 0 Å². The van der Waals surface area contributed by atoms with E-state index in [1.807, 2.05) is 6.92 Å². The monoisotopic (exact) mass is 171 g/mol. The maximum absolute atomic E-state index is 11.3. The molecule has 0 radical (unpaired) electrons. The van der Waals surface area contributed by atoms with Crippen LogP contribution < -0.4 is 0 Å². The summed E-state index contributed by atoms with van der Waals surface area (Å²) in [6.07, 6.45) is -0.143. The molecule has 2 atom stereocenters. The molecule has 1 aliphatic rings. The van der Waals surface area contributed by atoms with Gasteiger partial charge in [0.1, 0.15) is 0 Å². The third-order valence-corrected chi connectivity index (χ3v) is 2.59. The Balaban J connectivity index is 2.58. The number of hydrogen-bond donors (Lipinski definition) is 1.